The van der Waals surface area contributed by atoms with Crippen LogP contribution in [-0.2, 0) is 28.9 Å². The molecule has 3 aromatic heterocycles. The number of anilines is 2. The van der Waals surface area contributed by atoms with E-state index in [1.165, 1.54) is 7.11 Å². The van der Waals surface area contributed by atoms with Gasteiger partial charge in [-0.2, -0.15) is 0 Å². The molecule has 0 aliphatic heterocycles. The second-order valence-corrected chi connectivity index (χ2v) is 9.64. The van der Waals surface area contributed by atoms with Crippen LogP contribution < -0.4 is 10.6 Å². The molecule has 0 unspecified atom stereocenters. The van der Waals surface area contributed by atoms with Crippen molar-refractivity contribution in [2.24, 2.45) is 5.92 Å². The largest absolute Gasteiger partial charge is 0.464 e. The van der Waals surface area contributed by atoms with Crippen molar-refractivity contribution in [2.75, 3.05) is 17.7 Å². The number of pyridine rings is 2. The van der Waals surface area contributed by atoms with E-state index in [2.05, 4.69) is 36.4 Å². The lowest BCUT2D eigenvalue weighted by molar-refractivity contribution is -0.115. The van der Waals surface area contributed by atoms with Gasteiger partial charge in [-0.3, -0.25) is 9.78 Å². The SMILES string of the molecule is COC(=O)c1c(NC(=O)Cc2ccccc2)c2cc(N[C@H](C)Cc3cccnc3)cnc2n1CC(C)C. The molecular formula is C29H33N5O3. The van der Waals surface area contributed by atoms with Crippen LogP contribution in [0.3, 0.4) is 0 Å². The normalized spacial score (nSPS) is 11.9. The average Bonchev–Trinajstić information content (AvgIpc) is 3.16. The van der Waals surface area contributed by atoms with Crippen LogP contribution in [0, 0.1) is 5.92 Å². The molecular weight excluding hydrogens is 466 g/mol. The number of benzene rings is 1. The predicted molar refractivity (Wildman–Crippen MR) is 146 cm³/mol. The molecule has 2 N–H and O–H groups in total. The lowest BCUT2D eigenvalue weighted by Gasteiger charge is -2.15. The maximum atomic E-state index is 13.1. The third kappa shape index (κ3) is 6.33. The zero-order chi connectivity index (χ0) is 26.4. The minimum absolute atomic E-state index is 0.109. The summed E-state index contributed by atoms with van der Waals surface area (Å²) in [4.78, 5) is 34.9. The summed E-state index contributed by atoms with van der Waals surface area (Å²) in [5.74, 6) is -0.498. The van der Waals surface area contributed by atoms with Gasteiger partial charge in [0.25, 0.3) is 0 Å². The highest BCUT2D eigenvalue weighted by Crippen LogP contribution is 2.33. The highest BCUT2D eigenvalue weighted by atomic mass is 16.5. The molecule has 1 atom stereocenters. The number of hydrogen-bond donors (Lipinski definition) is 2. The molecule has 0 fully saturated rings. The van der Waals surface area contributed by atoms with Crippen molar-refractivity contribution < 1.29 is 14.3 Å². The summed E-state index contributed by atoms with van der Waals surface area (Å²) >= 11 is 0. The third-order valence-electron chi connectivity index (χ3n) is 5.97. The van der Waals surface area contributed by atoms with Crippen molar-refractivity contribution in [1.82, 2.24) is 14.5 Å². The van der Waals surface area contributed by atoms with Gasteiger partial charge in [-0.15, -0.1) is 0 Å². The van der Waals surface area contributed by atoms with Gasteiger partial charge in [-0.1, -0.05) is 50.2 Å². The molecule has 0 saturated carbocycles. The van der Waals surface area contributed by atoms with Crippen molar-refractivity contribution in [3.8, 4) is 0 Å². The lowest BCUT2D eigenvalue weighted by Crippen LogP contribution is -2.19. The number of aromatic nitrogens is 3. The van der Waals surface area contributed by atoms with Crippen molar-refractivity contribution in [2.45, 2.75) is 46.2 Å². The Labute approximate surface area is 217 Å². The van der Waals surface area contributed by atoms with Crippen LogP contribution >= 0.6 is 0 Å². The molecule has 8 heteroatoms. The Balaban J connectivity index is 1.71. The second kappa shape index (κ2) is 11.7. The van der Waals surface area contributed by atoms with E-state index in [1.54, 1.807) is 12.4 Å². The number of nitrogens with zero attached hydrogens (tertiary/aromatic N) is 3. The minimum atomic E-state index is -0.520. The Morgan fingerprint density at radius 2 is 1.78 bits per heavy atom. The molecule has 4 aromatic rings. The van der Waals surface area contributed by atoms with E-state index in [4.69, 9.17) is 9.72 Å². The van der Waals surface area contributed by atoms with Gasteiger partial charge in [0.15, 0.2) is 5.69 Å². The average molecular weight is 500 g/mol. The summed E-state index contributed by atoms with van der Waals surface area (Å²) in [5, 5.41) is 7.16. The number of nitrogens with one attached hydrogen (secondary N) is 2. The zero-order valence-electron chi connectivity index (χ0n) is 21.7. The first kappa shape index (κ1) is 25.9. The Bertz CT molecular complexity index is 1370. The molecule has 0 aliphatic carbocycles. The van der Waals surface area contributed by atoms with Crippen molar-refractivity contribution >= 4 is 34.3 Å². The van der Waals surface area contributed by atoms with Gasteiger partial charge in [0.1, 0.15) is 5.65 Å². The van der Waals surface area contributed by atoms with Gasteiger partial charge in [-0.05, 0) is 42.5 Å². The van der Waals surface area contributed by atoms with E-state index < -0.39 is 5.97 Å². The van der Waals surface area contributed by atoms with Crippen molar-refractivity contribution in [3.63, 3.8) is 0 Å². The lowest BCUT2D eigenvalue weighted by atomic mass is 10.1. The number of rotatable bonds is 10. The predicted octanol–water partition coefficient (Wildman–Crippen LogP) is 5.10. The highest BCUT2D eigenvalue weighted by molar-refractivity contribution is 6.11. The van der Waals surface area contributed by atoms with Crippen LogP contribution in [0.5, 0.6) is 0 Å². The van der Waals surface area contributed by atoms with Gasteiger partial charge in [0, 0.05) is 30.4 Å². The second-order valence-electron chi connectivity index (χ2n) is 9.64. The zero-order valence-corrected chi connectivity index (χ0v) is 21.7. The van der Waals surface area contributed by atoms with E-state index in [0.29, 0.717) is 29.0 Å². The quantitative estimate of drug-likeness (QED) is 0.295. The van der Waals surface area contributed by atoms with Gasteiger partial charge in [0.05, 0.1) is 31.1 Å². The number of ether oxygens (including phenoxy) is 1. The number of hydrogen-bond acceptors (Lipinski definition) is 6. The Hall–Kier alpha value is -4.20. The van der Waals surface area contributed by atoms with Crippen LogP contribution in [0.1, 0.15) is 42.4 Å². The van der Waals surface area contributed by atoms with E-state index in [1.807, 2.05) is 59.3 Å². The number of methoxy groups -OCH3 is 1. The molecule has 0 aliphatic rings. The molecule has 0 bridgehead atoms. The Morgan fingerprint density at radius 3 is 2.46 bits per heavy atom. The number of esters is 1. The number of fused-ring (bicyclic) bond motifs is 1. The van der Waals surface area contributed by atoms with Crippen LogP contribution in [0.4, 0.5) is 11.4 Å². The minimum Gasteiger partial charge on any atom is -0.464 e. The first-order valence-corrected chi connectivity index (χ1v) is 12.5. The molecule has 0 radical (unpaired) electrons. The number of carbonyl (C=O) groups is 2. The maximum Gasteiger partial charge on any atom is 0.356 e. The van der Waals surface area contributed by atoms with Gasteiger partial charge < -0.3 is 19.9 Å². The standard InChI is InChI=1S/C29H33N5O3/c1-19(2)18-34-27(29(36)37-4)26(33-25(35)14-21-9-6-5-7-10-21)24-15-23(17-31-28(24)34)32-20(3)13-22-11-8-12-30-16-22/h5-12,15-17,19-20,32H,13-14,18H2,1-4H3,(H,33,35)/t20-/m1/s1. The van der Waals surface area contributed by atoms with E-state index in [9.17, 15) is 9.59 Å². The summed E-state index contributed by atoms with van der Waals surface area (Å²) < 4.78 is 6.97. The third-order valence-corrected chi connectivity index (χ3v) is 5.97. The first-order chi connectivity index (χ1) is 17.9. The van der Waals surface area contributed by atoms with Crippen LogP contribution in [0.15, 0.2) is 67.1 Å². The van der Waals surface area contributed by atoms with E-state index in [-0.39, 0.29) is 24.3 Å². The van der Waals surface area contributed by atoms with Crippen LogP contribution in [0.25, 0.3) is 11.0 Å². The summed E-state index contributed by atoms with van der Waals surface area (Å²) in [7, 11) is 1.34. The summed E-state index contributed by atoms with van der Waals surface area (Å²) in [6, 6.07) is 15.5. The van der Waals surface area contributed by atoms with Crippen molar-refractivity contribution in [1.29, 1.82) is 0 Å². The summed E-state index contributed by atoms with van der Waals surface area (Å²) in [6.45, 7) is 6.77. The fourth-order valence-corrected chi connectivity index (χ4v) is 4.46. The molecule has 3 heterocycles. The fraction of sp³-hybridized carbons (Fsp3) is 0.310. The summed E-state index contributed by atoms with van der Waals surface area (Å²) in [5.41, 5.74) is 4.13. The van der Waals surface area contributed by atoms with Gasteiger partial charge >= 0.3 is 5.97 Å². The Kier molecular flexibility index (Phi) is 8.18. The number of amides is 1. The molecule has 0 saturated heterocycles. The van der Waals surface area contributed by atoms with Crippen molar-refractivity contribution in [3.05, 3.63) is 83.9 Å². The van der Waals surface area contributed by atoms with Crippen LogP contribution in [-0.4, -0.2) is 39.6 Å². The molecule has 0 spiro atoms. The van der Waals surface area contributed by atoms with Gasteiger partial charge in [0.2, 0.25) is 5.91 Å². The van der Waals surface area contributed by atoms with Crippen LogP contribution in [0.2, 0.25) is 0 Å². The van der Waals surface area contributed by atoms with Gasteiger partial charge in [-0.25, -0.2) is 9.78 Å². The first-order valence-electron chi connectivity index (χ1n) is 12.5. The monoisotopic (exact) mass is 499 g/mol. The highest BCUT2D eigenvalue weighted by Gasteiger charge is 2.26. The molecule has 4 rings (SSSR count). The number of carbonyl (C=O) groups excluding carboxylic acids is 2. The molecule has 8 nitrogen and oxygen atoms in total. The topological polar surface area (TPSA) is 98.1 Å². The molecule has 1 aromatic carbocycles. The molecule has 192 valence electrons. The molecule has 1 amide bonds. The Morgan fingerprint density at radius 1 is 1.03 bits per heavy atom. The van der Waals surface area contributed by atoms with E-state index >= 15 is 0 Å². The smallest absolute Gasteiger partial charge is 0.356 e. The van der Waals surface area contributed by atoms with E-state index in [0.717, 1.165) is 23.2 Å². The fourth-order valence-electron chi connectivity index (χ4n) is 4.46. The molecule has 37 heavy (non-hydrogen) atoms. The summed E-state index contributed by atoms with van der Waals surface area (Å²) in [6.07, 6.45) is 6.35. The maximum absolute atomic E-state index is 13.1.